The molecule has 3 N–H and O–H groups in total. The number of nitrogens with zero attached hydrogens (tertiary/aromatic N) is 1. The molecule has 0 saturated carbocycles. The highest BCUT2D eigenvalue weighted by atomic mass is 79.9. The summed E-state index contributed by atoms with van der Waals surface area (Å²) in [5.74, 6) is -0.933. The first kappa shape index (κ1) is 22.3. The van der Waals surface area contributed by atoms with Gasteiger partial charge >= 0.3 is 0 Å². The fourth-order valence-corrected chi connectivity index (χ4v) is 4.89. The Hall–Kier alpha value is -2.92. The second kappa shape index (κ2) is 8.91. The van der Waals surface area contributed by atoms with Crippen LogP contribution in [0.3, 0.4) is 0 Å². The molecule has 32 heavy (non-hydrogen) atoms. The molecule has 1 amide bonds. The lowest BCUT2D eigenvalue weighted by atomic mass is 10.1. The van der Waals surface area contributed by atoms with Gasteiger partial charge in [0.25, 0.3) is 5.91 Å². The van der Waals surface area contributed by atoms with Crippen LogP contribution in [0.1, 0.15) is 9.80 Å². The summed E-state index contributed by atoms with van der Waals surface area (Å²) in [6.45, 7) is 0. The predicted octanol–water partition coefficient (Wildman–Crippen LogP) is 5.28. The summed E-state index contributed by atoms with van der Waals surface area (Å²) in [5, 5.41) is 8.08. The second-order valence-electron chi connectivity index (χ2n) is 6.71. The third-order valence-electron chi connectivity index (χ3n) is 4.48. The SMILES string of the molecule is NS(=O)(=O)c1ccc(-c2sc(C(=O)Nc3cccc(Br)c3)nc2-c2ccccc2F)cc1. The number of anilines is 1. The van der Waals surface area contributed by atoms with E-state index in [2.05, 4.69) is 26.2 Å². The van der Waals surface area contributed by atoms with Crippen LogP contribution in [0.25, 0.3) is 21.7 Å². The maximum Gasteiger partial charge on any atom is 0.284 e. The average molecular weight is 532 g/mol. The lowest BCUT2D eigenvalue weighted by molar-refractivity contribution is 0.102. The summed E-state index contributed by atoms with van der Waals surface area (Å²) in [7, 11) is -3.86. The van der Waals surface area contributed by atoms with Gasteiger partial charge in [0.1, 0.15) is 5.82 Å². The Morgan fingerprint density at radius 1 is 1.03 bits per heavy atom. The molecule has 3 aromatic carbocycles. The number of carbonyl (C=O) groups excluding carboxylic acids is 1. The Morgan fingerprint density at radius 2 is 1.75 bits per heavy atom. The molecule has 0 aliphatic carbocycles. The number of hydrogen-bond acceptors (Lipinski definition) is 5. The van der Waals surface area contributed by atoms with Gasteiger partial charge in [0, 0.05) is 15.7 Å². The van der Waals surface area contributed by atoms with Crippen LogP contribution in [0, 0.1) is 5.82 Å². The quantitative estimate of drug-likeness (QED) is 0.365. The number of carbonyl (C=O) groups is 1. The number of rotatable bonds is 5. The second-order valence-corrected chi connectivity index (χ2v) is 10.2. The number of amides is 1. The normalized spacial score (nSPS) is 11.3. The van der Waals surface area contributed by atoms with E-state index in [4.69, 9.17) is 5.14 Å². The van der Waals surface area contributed by atoms with Gasteiger partial charge in [0.15, 0.2) is 5.01 Å². The van der Waals surface area contributed by atoms with Crippen LogP contribution < -0.4 is 10.5 Å². The van der Waals surface area contributed by atoms with Gasteiger partial charge < -0.3 is 5.32 Å². The van der Waals surface area contributed by atoms with Crippen molar-refractivity contribution in [2.45, 2.75) is 4.90 Å². The number of hydrogen-bond donors (Lipinski definition) is 2. The van der Waals surface area contributed by atoms with Crippen LogP contribution in [0.15, 0.2) is 82.2 Å². The summed E-state index contributed by atoms with van der Waals surface area (Å²) in [6.07, 6.45) is 0. The van der Waals surface area contributed by atoms with Crippen LogP contribution in [0.2, 0.25) is 0 Å². The molecule has 6 nitrogen and oxygen atoms in total. The van der Waals surface area contributed by atoms with E-state index in [9.17, 15) is 17.6 Å². The molecule has 0 fully saturated rings. The number of thiazole rings is 1. The van der Waals surface area contributed by atoms with E-state index in [-0.39, 0.29) is 21.2 Å². The standard InChI is InChI=1S/C22H15BrFN3O3S2/c23-14-4-3-5-15(12-14)26-21(28)22-27-19(17-6-1-2-7-18(17)24)20(31-22)13-8-10-16(11-9-13)32(25,29)30/h1-12H,(H,26,28)(H2,25,29,30). The number of halogens is 2. The molecule has 1 aromatic heterocycles. The van der Waals surface area contributed by atoms with Gasteiger partial charge in [-0.3, -0.25) is 4.79 Å². The minimum absolute atomic E-state index is 0.0502. The first-order valence-corrected chi connectivity index (χ1v) is 12.3. The Kier molecular flexibility index (Phi) is 6.20. The zero-order chi connectivity index (χ0) is 22.9. The Morgan fingerprint density at radius 3 is 2.41 bits per heavy atom. The Balaban J connectivity index is 1.79. The van der Waals surface area contributed by atoms with Gasteiger partial charge in [0.05, 0.1) is 15.5 Å². The fourth-order valence-electron chi connectivity index (χ4n) is 3.00. The van der Waals surface area contributed by atoms with Crippen molar-refractivity contribution in [3.63, 3.8) is 0 Å². The zero-order valence-electron chi connectivity index (χ0n) is 16.2. The van der Waals surface area contributed by atoms with Crippen molar-refractivity contribution in [3.8, 4) is 21.7 Å². The highest BCUT2D eigenvalue weighted by Crippen LogP contribution is 2.38. The number of aromatic nitrogens is 1. The molecule has 10 heteroatoms. The van der Waals surface area contributed by atoms with Crippen molar-refractivity contribution in [1.82, 2.24) is 4.98 Å². The van der Waals surface area contributed by atoms with Crippen molar-refractivity contribution in [2.75, 3.05) is 5.32 Å². The van der Waals surface area contributed by atoms with E-state index >= 15 is 0 Å². The highest BCUT2D eigenvalue weighted by molar-refractivity contribution is 9.10. The van der Waals surface area contributed by atoms with Crippen LogP contribution >= 0.6 is 27.3 Å². The number of primary sulfonamides is 1. The Labute approximate surface area is 196 Å². The van der Waals surface area contributed by atoms with Gasteiger partial charge in [-0.25, -0.2) is 22.9 Å². The number of nitrogens with one attached hydrogen (secondary N) is 1. The summed E-state index contributed by atoms with van der Waals surface area (Å²) >= 11 is 4.43. The number of nitrogens with two attached hydrogens (primary N) is 1. The van der Waals surface area contributed by atoms with Crippen molar-refractivity contribution < 1.29 is 17.6 Å². The minimum atomic E-state index is -3.86. The number of sulfonamides is 1. The lowest BCUT2D eigenvalue weighted by Gasteiger charge is -2.05. The predicted molar refractivity (Wildman–Crippen MR) is 126 cm³/mol. The van der Waals surface area contributed by atoms with Gasteiger partial charge in [0.2, 0.25) is 10.0 Å². The van der Waals surface area contributed by atoms with Gasteiger partial charge in [-0.15, -0.1) is 11.3 Å². The molecule has 0 saturated heterocycles. The molecule has 162 valence electrons. The molecule has 0 spiro atoms. The highest BCUT2D eigenvalue weighted by Gasteiger charge is 2.22. The molecular weight excluding hydrogens is 517 g/mol. The van der Waals surface area contributed by atoms with Crippen LogP contribution in [-0.2, 0) is 10.0 Å². The van der Waals surface area contributed by atoms with Crippen LogP contribution in [0.4, 0.5) is 10.1 Å². The largest absolute Gasteiger partial charge is 0.320 e. The topological polar surface area (TPSA) is 102 Å². The van der Waals surface area contributed by atoms with Crippen molar-refractivity contribution in [2.24, 2.45) is 5.14 Å². The Bertz CT molecular complexity index is 1420. The van der Waals surface area contributed by atoms with Gasteiger partial charge in [-0.05, 0) is 48.0 Å². The summed E-state index contributed by atoms with van der Waals surface area (Å²) in [6, 6.07) is 19.0. The van der Waals surface area contributed by atoms with Crippen molar-refractivity contribution in [3.05, 3.63) is 88.1 Å². The molecule has 1 heterocycles. The molecule has 0 aliphatic rings. The van der Waals surface area contributed by atoms with Crippen molar-refractivity contribution >= 4 is 48.9 Å². The van der Waals surface area contributed by atoms with E-state index < -0.39 is 21.7 Å². The molecule has 0 bridgehead atoms. The summed E-state index contributed by atoms with van der Waals surface area (Å²) in [4.78, 5) is 17.7. The van der Waals surface area contributed by atoms with Crippen molar-refractivity contribution in [1.29, 1.82) is 0 Å². The molecule has 4 rings (SSSR count). The zero-order valence-corrected chi connectivity index (χ0v) is 19.5. The first-order chi connectivity index (χ1) is 15.2. The lowest BCUT2D eigenvalue weighted by Crippen LogP contribution is -2.11. The van der Waals surface area contributed by atoms with Gasteiger partial charge in [-0.1, -0.05) is 46.3 Å². The van der Waals surface area contributed by atoms with E-state index in [0.29, 0.717) is 16.1 Å². The van der Waals surface area contributed by atoms with Gasteiger partial charge in [-0.2, -0.15) is 0 Å². The minimum Gasteiger partial charge on any atom is -0.320 e. The average Bonchev–Trinajstić information content (AvgIpc) is 3.19. The van der Waals surface area contributed by atoms with E-state index in [0.717, 1.165) is 15.8 Å². The van der Waals surface area contributed by atoms with Crippen LogP contribution in [0.5, 0.6) is 0 Å². The first-order valence-electron chi connectivity index (χ1n) is 9.18. The van der Waals surface area contributed by atoms with Crippen LogP contribution in [-0.4, -0.2) is 19.3 Å². The molecular formula is C22H15BrFN3O3S2. The fraction of sp³-hybridized carbons (Fsp3) is 0. The van der Waals surface area contributed by atoms with E-state index in [1.807, 2.05) is 6.07 Å². The summed E-state index contributed by atoms with van der Waals surface area (Å²) in [5.41, 5.74) is 1.67. The smallest absolute Gasteiger partial charge is 0.284 e. The number of benzene rings is 3. The molecule has 0 unspecified atom stereocenters. The maximum atomic E-state index is 14.6. The summed E-state index contributed by atoms with van der Waals surface area (Å²) < 4.78 is 38.5. The third-order valence-corrected chi connectivity index (χ3v) is 7.00. The van der Waals surface area contributed by atoms with E-state index in [1.54, 1.807) is 48.5 Å². The molecule has 0 aliphatic heterocycles. The molecule has 4 aromatic rings. The maximum absolute atomic E-state index is 14.6. The monoisotopic (exact) mass is 531 g/mol. The molecule has 0 radical (unpaired) electrons. The van der Waals surface area contributed by atoms with E-state index in [1.165, 1.54) is 18.2 Å². The third kappa shape index (κ3) is 4.78. The molecule has 0 atom stereocenters.